The van der Waals surface area contributed by atoms with Crippen LogP contribution in [0.15, 0.2) is 71.5 Å². The van der Waals surface area contributed by atoms with Gasteiger partial charge in [0.15, 0.2) is 17.3 Å². The molecule has 4 heterocycles. The fraction of sp³-hybridized carbons (Fsp3) is 0.100. The van der Waals surface area contributed by atoms with Crippen LogP contribution in [-0.4, -0.2) is 29.5 Å². The largest absolute Gasteiger partial charge is 0.451 e. The normalized spacial score (nSPS) is 11.3. The molecule has 5 aromatic rings. The molecule has 0 bridgehead atoms. The number of nitrogens with zero attached hydrogens (tertiary/aromatic N) is 6. The molecule has 0 unspecified atom stereocenters. The molecule has 0 N–H and O–H groups in total. The van der Waals surface area contributed by atoms with Crippen LogP contribution in [-0.2, 0) is 13.6 Å². The van der Waals surface area contributed by atoms with E-state index in [9.17, 15) is 0 Å². The summed E-state index contributed by atoms with van der Waals surface area (Å²) in [5.41, 5.74) is 3.81. The van der Waals surface area contributed by atoms with E-state index in [0.717, 1.165) is 22.4 Å². The van der Waals surface area contributed by atoms with Gasteiger partial charge in [-0.2, -0.15) is 0 Å². The lowest BCUT2D eigenvalue weighted by Crippen LogP contribution is -2.00. The van der Waals surface area contributed by atoms with Crippen molar-refractivity contribution in [2.24, 2.45) is 7.05 Å². The van der Waals surface area contributed by atoms with Gasteiger partial charge in [0, 0.05) is 19.4 Å². The number of benzene rings is 1. The van der Waals surface area contributed by atoms with Crippen LogP contribution >= 0.6 is 0 Å². The van der Waals surface area contributed by atoms with Crippen molar-refractivity contribution in [3.8, 4) is 23.0 Å². The van der Waals surface area contributed by atoms with Gasteiger partial charge in [0.2, 0.25) is 0 Å². The maximum absolute atomic E-state index is 6.02. The summed E-state index contributed by atoms with van der Waals surface area (Å²) in [7, 11) is 1.98. The second-order valence-electron chi connectivity index (χ2n) is 6.30. The first-order valence-corrected chi connectivity index (χ1v) is 8.59. The molecule has 132 valence electrons. The van der Waals surface area contributed by atoms with E-state index in [1.807, 2.05) is 66.3 Å². The van der Waals surface area contributed by atoms with Gasteiger partial charge in [0.25, 0.3) is 0 Å². The van der Waals surface area contributed by atoms with Crippen molar-refractivity contribution in [3.05, 3.63) is 72.7 Å². The standard InChI is InChI=1S/C20H16N6O/c1-25-17-5-3-2-4-15(17)22-20(25)19-7-6-18(27-19)16-13-26(24-23-16)12-14-8-10-21-11-9-14/h2-11,13H,12H2,1H3. The van der Waals surface area contributed by atoms with Gasteiger partial charge in [-0.05, 0) is 42.0 Å². The molecule has 0 spiro atoms. The molecular weight excluding hydrogens is 340 g/mol. The van der Waals surface area contributed by atoms with Crippen molar-refractivity contribution in [1.82, 2.24) is 29.5 Å². The van der Waals surface area contributed by atoms with Gasteiger partial charge < -0.3 is 8.98 Å². The van der Waals surface area contributed by atoms with Gasteiger partial charge in [-0.15, -0.1) is 5.10 Å². The molecule has 27 heavy (non-hydrogen) atoms. The van der Waals surface area contributed by atoms with Crippen LogP contribution in [0.5, 0.6) is 0 Å². The highest BCUT2D eigenvalue weighted by molar-refractivity contribution is 5.79. The van der Waals surface area contributed by atoms with E-state index < -0.39 is 0 Å². The van der Waals surface area contributed by atoms with Crippen molar-refractivity contribution in [1.29, 1.82) is 0 Å². The van der Waals surface area contributed by atoms with E-state index in [2.05, 4.69) is 20.3 Å². The highest BCUT2D eigenvalue weighted by Gasteiger charge is 2.15. The minimum Gasteiger partial charge on any atom is -0.451 e. The number of hydrogen-bond acceptors (Lipinski definition) is 5. The first-order valence-electron chi connectivity index (χ1n) is 8.59. The Balaban J connectivity index is 1.44. The van der Waals surface area contributed by atoms with Crippen LogP contribution in [0.25, 0.3) is 34.1 Å². The molecule has 4 aromatic heterocycles. The van der Waals surface area contributed by atoms with Gasteiger partial charge in [-0.25, -0.2) is 9.67 Å². The van der Waals surface area contributed by atoms with Gasteiger partial charge in [0.05, 0.1) is 23.8 Å². The number of aromatic nitrogens is 6. The third-order valence-corrected chi connectivity index (χ3v) is 4.50. The lowest BCUT2D eigenvalue weighted by molar-refractivity contribution is 0.586. The van der Waals surface area contributed by atoms with Crippen molar-refractivity contribution >= 4 is 11.0 Å². The summed E-state index contributed by atoms with van der Waals surface area (Å²) >= 11 is 0. The minimum atomic E-state index is 0.633. The molecule has 0 amide bonds. The quantitative estimate of drug-likeness (QED) is 0.492. The first kappa shape index (κ1) is 15.5. The molecule has 0 aliphatic rings. The van der Waals surface area contributed by atoms with Crippen LogP contribution < -0.4 is 0 Å². The second-order valence-corrected chi connectivity index (χ2v) is 6.30. The second kappa shape index (κ2) is 6.21. The third-order valence-electron chi connectivity index (χ3n) is 4.50. The number of para-hydroxylation sites is 2. The highest BCUT2D eigenvalue weighted by Crippen LogP contribution is 2.28. The van der Waals surface area contributed by atoms with Crippen LogP contribution in [0.4, 0.5) is 0 Å². The Hall–Kier alpha value is -3.74. The van der Waals surface area contributed by atoms with Gasteiger partial charge in [-0.3, -0.25) is 4.98 Å². The zero-order chi connectivity index (χ0) is 18.2. The number of aryl methyl sites for hydroxylation is 1. The number of furan rings is 1. The fourth-order valence-electron chi connectivity index (χ4n) is 3.13. The Kier molecular flexibility index (Phi) is 3.57. The topological polar surface area (TPSA) is 74.6 Å². The third kappa shape index (κ3) is 2.79. The Morgan fingerprint density at radius 2 is 1.78 bits per heavy atom. The summed E-state index contributed by atoms with van der Waals surface area (Å²) in [6.07, 6.45) is 5.41. The molecule has 0 radical (unpaired) electrons. The van der Waals surface area contributed by atoms with Gasteiger partial charge >= 0.3 is 0 Å². The summed E-state index contributed by atoms with van der Waals surface area (Å²) < 4.78 is 9.83. The van der Waals surface area contributed by atoms with Crippen molar-refractivity contribution in [3.63, 3.8) is 0 Å². The maximum atomic E-state index is 6.02. The van der Waals surface area contributed by atoms with Crippen LogP contribution in [0, 0.1) is 0 Å². The van der Waals surface area contributed by atoms with Crippen LogP contribution in [0.3, 0.4) is 0 Å². The molecule has 7 heteroatoms. The fourth-order valence-corrected chi connectivity index (χ4v) is 3.13. The average Bonchev–Trinajstić information content (AvgIpc) is 3.42. The van der Waals surface area contributed by atoms with E-state index >= 15 is 0 Å². The first-order chi connectivity index (χ1) is 13.3. The Bertz CT molecular complexity index is 1220. The molecule has 5 rings (SSSR count). The van der Waals surface area contributed by atoms with E-state index in [-0.39, 0.29) is 0 Å². The van der Waals surface area contributed by atoms with Crippen molar-refractivity contribution < 1.29 is 4.42 Å². The predicted octanol–water partition coefficient (Wildman–Crippen LogP) is 3.54. The van der Waals surface area contributed by atoms with E-state index in [0.29, 0.717) is 23.8 Å². The lowest BCUT2D eigenvalue weighted by Gasteiger charge is -1.99. The Morgan fingerprint density at radius 3 is 2.63 bits per heavy atom. The van der Waals surface area contributed by atoms with Gasteiger partial charge in [-0.1, -0.05) is 17.3 Å². The zero-order valence-corrected chi connectivity index (χ0v) is 14.6. The number of rotatable bonds is 4. The average molecular weight is 356 g/mol. The van der Waals surface area contributed by atoms with E-state index in [4.69, 9.17) is 4.42 Å². The lowest BCUT2D eigenvalue weighted by atomic mass is 10.3. The summed E-state index contributed by atoms with van der Waals surface area (Å²) in [6.45, 7) is 0.633. The summed E-state index contributed by atoms with van der Waals surface area (Å²) in [5, 5.41) is 8.42. The summed E-state index contributed by atoms with van der Waals surface area (Å²) in [4.78, 5) is 8.70. The van der Waals surface area contributed by atoms with E-state index in [1.54, 1.807) is 17.1 Å². The number of fused-ring (bicyclic) bond motifs is 1. The smallest absolute Gasteiger partial charge is 0.177 e. The van der Waals surface area contributed by atoms with Crippen molar-refractivity contribution in [2.75, 3.05) is 0 Å². The summed E-state index contributed by atoms with van der Waals surface area (Å²) in [5.74, 6) is 2.15. The number of hydrogen-bond donors (Lipinski definition) is 0. The predicted molar refractivity (Wildman–Crippen MR) is 101 cm³/mol. The van der Waals surface area contributed by atoms with Crippen molar-refractivity contribution in [2.45, 2.75) is 6.54 Å². The zero-order valence-electron chi connectivity index (χ0n) is 14.6. The molecule has 0 saturated heterocycles. The molecule has 0 aliphatic heterocycles. The summed E-state index contributed by atoms with van der Waals surface area (Å²) in [6, 6.07) is 15.7. The van der Waals surface area contributed by atoms with E-state index in [1.165, 1.54) is 0 Å². The minimum absolute atomic E-state index is 0.633. The number of pyridine rings is 1. The Morgan fingerprint density at radius 1 is 0.963 bits per heavy atom. The molecule has 0 saturated carbocycles. The monoisotopic (exact) mass is 356 g/mol. The highest BCUT2D eigenvalue weighted by atomic mass is 16.3. The van der Waals surface area contributed by atoms with Crippen LogP contribution in [0.1, 0.15) is 5.56 Å². The molecule has 1 aromatic carbocycles. The maximum Gasteiger partial charge on any atom is 0.177 e. The van der Waals surface area contributed by atoms with Gasteiger partial charge in [0.1, 0.15) is 5.69 Å². The molecule has 7 nitrogen and oxygen atoms in total. The molecule has 0 fully saturated rings. The number of imidazole rings is 1. The molecular formula is C20H16N6O. The SMILES string of the molecule is Cn1c(-c2ccc(-c3cn(Cc4ccncc4)nn3)o2)nc2ccccc21. The van der Waals surface area contributed by atoms with Crippen LogP contribution in [0.2, 0.25) is 0 Å². The molecule has 0 atom stereocenters. The Labute approximate surface area is 154 Å². The molecule has 0 aliphatic carbocycles.